The van der Waals surface area contributed by atoms with E-state index in [1.165, 1.54) is 61.5 Å². The zero-order chi connectivity index (χ0) is 23.6. The topological polar surface area (TPSA) is 6.48 Å². The minimum Gasteiger partial charge on any atom is -0.377 e. The fraction of sp³-hybridized carbons (Fsp3) is 0.517. The van der Waals surface area contributed by atoms with E-state index in [2.05, 4.69) is 112 Å². The third-order valence-corrected chi connectivity index (χ3v) is 8.70. The molecule has 1 fully saturated rings. The monoisotopic (exact) mass is 418 g/mol. The molecule has 3 rings (SSSR count). The summed E-state index contributed by atoms with van der Waals surface area (Å²) in [7, 11) is 6.50. The Hall–Kier alpha value is -2.22. The summed E-state index contributed by atoms with van der Waals surface area (Å²) in [5.74, 6) is 0. The molecule has 1 heterocycles. The van der Waals surface area contributed by atoms with Crippen LogP contribution in [0, 0.1) is 33.1 Å². The molecule has 2 nitrogen and oxygen atoms in total. The fourth-order valence-corrected chi connectivity index (χ4v) is 5.34. The van der Waals surface area contributed by atoms with Gasteiger partial charge < -0.3 is 9.80 Å². The minimum atomic E-state index is 0.147. The number of hydrogen-bond acceptors (Lipinski definition) is 2. The van der Waals surface area contributed by atoms with Gasteiger partial charge in [0.2, 0.25) is 0 Å². The summed E-state index contributed by atoms with van der Waals surface area (Å²) in [6, 6.07) is 0. The van der Waals surface area contributed by atoms with Crippen LogP contribution in [0.15, 0.2) is 40.6 Å². The van der Waals surface area contributed by atoms with Gasteiger partial charge in [-0.15, -0.1) is 0 Å². The molecule has 0 amide bonds. The normalized spacial score (nSPS) is 22.6. The second-order valence-corrected chi connectivity index (χ2v) is 11.0. The number of anilines is 1. The van der Waals surface area contributed by atoms with Gasteiger partial charge in [-0.1, -0.05) is 20.4 Å². The molecular formula is C29H42N2. The molecule has 0 aromatic heterocycles. The van der Waals surface area contributed by atoms with Crippen molar-refractivity contribution in [3.63, 3.8) is 0 Å². The van der Waals surface area contributed by atoms with Crippen LogP contribution in [0.4, 0.5) is 5.69 Å². The van der Waals surface area contributed by atoms with E-state index < -0.39 is 0 Å². The Morgan fingerprint density at radius 2 is 1.39 bits per heavy atom. The van der Waals surface area contributed by atoms with Gasteiger partial charge in [0, 0.05) is 38.1 Å². The molecule has 168 valence electrons. The lowest BCUT2D eigenvalue weighted by Crippen LogP contribution is -2.43. The van der Waals surface area contributed by atoms with Gasteiger partial charge in [-0.25, -0.2) is 0 Å². The molecule has 31 heavy (non-hydrogen) atoms. The first kappa shape index (κ1) is 23.4. The molecule has 0 bridgehead atoms. The van der Waals surface area contributed by atoms with Gasteiger partial charge in [0.1, 0.15) is 0 Å². The van der Waals surface area contributed by atoms with Crippen LogP contribution in [0.2, 0.25) is 0 Å². The highest BCUT2D eigenvalue weighted by molar-refractivity contribution is 5.83. The first-order valence-corrected chi connectivity index (χ1v) is 11.5. The van der Waals surface area contributed by atoms with E-state index in [9.17, 15) is 0 Å². The van der Waals surface area contributed by atoms with Gasteiger partial charge in [0.15, 0.2) is 0 Å². The molecule has 2 heteroatoms. The van der Waals surface area contributed by atoms with Crippen LogP contribution in [-0.2, 0) is 0 Å². The van der Waals surface area contributed by atoms with Gasteiger partial charge in [0.25, 0.3) is 0 Å². The molecular weight excluding hydrogens is 376 g/mol. The summed E-state index contributed by atoms with van der Waals surface area (Å²) in [4.78, 5) is 4.70. The van der Waals surface area contributed by atoms with Gasteiger partial charge in [-0.3, -0.25) is 0 Å². The second-order valence-electron chi connectivity index (χ2n) is 11.0. The van der Waals surface area contributed by atoms with Crippen LogP contribution in [0.3, 0.4) is 0 Å². The molecule has 0 radical (unpaired) electrons. The van der Waals surface area contributed by atoms with Crippen molar-refractivity contribution in [3.05, 3.63) is 68.5 Å². The minimum absolute atomic E-state index is 0.147. The molecule has 1 aliphatic heterocycles. The van der Waals surface area contributed by atoms with Gasteiger partial charge >= 0.3 is 0 Å². The van der Waals surface area contributed by atoms with Crippen molar-refractivity contribution in [1.29, 1.82) is 0 Å². The maximum absolute atomic E-state index is 4.46. The predicted molar refractivity (Wildman–Crippen MR) is 138 cm³/mol. The SMILES string of the molecule is C=C1C(=Cc2c(C)c(C)c(N(C)C)c(C)c2C)C(C)=C1C=C1CC(C)(C)C(C)(C)N1C. The second kappa shape index (κ2) is 7.43. The van der Waals surface area contributed by atoms with Crippen molar-refractivity contribution in [2.75, 3.05) is 26.0 Å². The van der Waals surface area contributed by atoms with Crippen molar-refractivity contribution in [3.8, 4) is 0 Å². The van der Waals surface area contributed by atoms with Crippen LogP contribution in [0.5, 0.6) is 0 Å². The van der Waals surface area contributed by atoms with Gasteiger partial charge in [0.05, 0.1) is 0 Å². The van der Waals surface area contributed by atoms with E-state index in [1.54, 1.807) is 0 Å². The molecule has 1 saturated heterocycles. The Kier molecular flexibility index (Phi) is 5.62. The van der Waals surface area contributed by atoms with Crippen LogP contribution in [0.1, 0.15) is 68.9 Å². The van der Waals surface area contributed by atoms with Crippen LogP contribution >= 0.6 is 0 Å². The molecule has 0 saturated carbocycles. The standard InChI is InChI=1S/C29H42N2/c1-17-19(3)27(30(11)12)20(4)18(2)25(17)15-26-21(5)24(22(26)6)14-23-16-28(7,8)29(9,10)31(23)13/h14-15H,5,16H2,1-4,6-13H3. The van der Waals surface area contributed by atoms with E-state index in [1.807, 2.05) is 0 Å². The molecule has 0 N–H and O–H groups in total. The van der Waals surface area contributed by atoms with E-state index in [0.717, 1.165) is 6.42 Å². The zero-order valence-electron chi connectivity index (χ0n) is 22.0. The van der Waals surface area contributed by atoms with Crippen LogP contribution in [0.25, 0.3) is 6.08 Å². The average molecular weight is 419 g/mol. The third kappa shape index (κ3) is 3.39. The number of allylic oxidation sites excluding steroid dienone is 6. The van der Waals surface area contributed by atoms with Crippen molar-refractivity contribution >= 4 is 11.8 Å². The Balaban J connectivity index is 2.05. The Morgan fingerprint density at radius 1 is 0.871 bits per heavy atom. The highest BCUT2D eigenvalue weighted by Crippen LogP contribution is 2.51. The van der Waals surface area contributed by atoms with Crippen molar-refractivity contribution in [2.45, 2.75) is 74.3 Å². The highest BCUT2D eigenvalue weighted by Gasteiger charge is 2.47. The molecule has 0 spiro atoms. The Labute approximate surface area is 191 Å². The lowest BCUT2D eigenvalue weighted by Gasteiger charge is -2.40. The smallest absolute Gasteiger partial charge is 0.0426 e. The zero-order valence-corrected chi connectivity index (χ0v) is 22.0. The summed E-state index contributed by atoms with van der Waals surface area (Å²) in [6.45, 7) is 25.2. The van der Waals surface area contributed by atoms with E-state index in [0.29, 0.717) is 0 Å². The lowest BCUT2D eigenvalue weighted by atomic mass is 9.74. The van der Waals surface area contributed by atoms with Gasteiger partial charge in [-0.2, -0.15) is 0 Å². The Bertz CT molecular complexity index is 1030. The van der Waals surface area contributed by atoms with Crippen molar-refractivity contribution < 1.29 is 0 Å². The number of nitrogens with zero attached hydrogens (tertiary/aromatic N) is 2. The summed E-state index contributed by atoms with van der Waals surface area (Å²) in [5.41, 5.74) is 15.1. The van der Waals surface area contributed by atoms with E-state index in [4.69, 9.17) is 0 Å². The predicted octanol–water partition coefficient (Wildman–Crippen LogP) is 7.28. The fourth-order valence-electron chi connectivity index (χ4n) is 5.34. The van der Waals surface area contributed by atoms with Crippen LogP contribution in [-0.4, -0.2) is 31.6 Å². The molecule has 1 aromatic rings. The molecule has 0 atom stereocenters. The summed E-state index contributed by atoms with van der Waals surface area (Å²) >= 11 is 0. The number of rotatable bonds is 3. The number of hydrogen-bond donors (Lipinski definition) is 0. The van der Waals surface area contributed by atoms with Crippen LogP contribution < -0.4 is 4.90 Å². The number of benzene rings is 1. The first-order valence-electron chi connectivity index (χ1n) is 11.5. The summed E-state index contributed by atoms with van der Waals surface area (Å²) < 4.78 is 0. The summed E-state index contributed by atoms with van der Waals surface area (Å²) in [6.07, 6.45) is 5.86. The van der Waals surface area contributed by atoms with Crippen molar-refractivity contribution in [2.24, 2.45) is 5.41 Å². The largest absolute Gasteiger partial charge is 0.377 e. The van der Waals surface area contributed by atoms with Gasteiger partial charge in [-0.05, 0) is 123 Å². The lowest BCUT2D eigenvalue weighted by molar-refractivity contribution is 0.125. The maximum atomic E-state index is 4.46. The molecule has 0 unspecified atom stereocenters. The highest BCUT2D eigenvalue weighted by atomic mass is 15.2. The molecule has 1 aromatic carbocycles. The van der Waals surface area contributed by atoms with E-state index in [-0.39, 0.29) is 11.0 Å². The summed E-state index contributed by atoms with van der Waals surface area (Å²) in [5, 5.41) is 0. The average Bonchev–Trinajstić information content (AvgIpc) is 2.83. The quantitative estimate of drug-likeness (QED) is 0.509. The molecule has 1 aliphatic carbocycles. The van der Waals surface area contributed by atoms with Crippen molar-refractivity contribution in [1.82, 2.24) is 4.90 Å². The maximum Gasteiger partial charge on any atom is 0.0426 e. The Morgan fingerprint density at radius 3 is 1.77 bits per heavy atom. The number of likely N-dealkylation sites (tertiary alicyclic amines) is 1. The first-order chi connectivity index (χ1) is 14.1. The van der Waals surface area contributed by atoms with E-state index >= 15 is 0 Å². The molecule has 2 aliphatic rings. The third-order valence-electron chi connectivity index (χ3n) is 8.70.